The maximum Gasteiger partial charge on any atom is 0.350 e. The number of allylic oxidation sites excluding steroid dienone is 8. The van der Waals surface area contributed by atoms with Gasteiger partial charge >= 0.3 is 5.97 Å². The summed E-state index contributed by atoms with van der Waals surface area (Å²) in [5, 5.41) is 0. The monoisotopic (exact) mass is 446 g/mol. The van der Waals surface area contributed by atoms with Crippen molar-refractivity contribution < 1.29 is 19.1 Å². The molecule has 0 radical (unpaired) electrons. The van der Waals surface area contributed by atoms with Gasteiger partial charge < -0.3 is 9.47 Å². The molecule has 2 aliphatic rings. The van der Waals surface area contributed by atoms with Gasteiger partial charge in [-0.2, -0.15) is 0 Å². The van der Waals surface area contributed by atoms with Crippen LogP contribution >= 0.6 is 11.8 Å². The van der Waals surface area contributed by atoms with Gasteiger partial charge in [0.1, 0.15) is 5.60 Å². The molecule has 5 heteroatoms. The molecule has 0 fully saturated rings. The fourth-order valence-electron chi connectivity index (χ4n) is 3.93. The lowest BCUT2D eigenvalue weighted by Crippen LogP contribution is -2.41. The standard InChI is InChI=1S/C26H38O4S/c1-17-15-19(9-14-22(27)20-10-12-21(31-8)13-11-20)16-18(2)23(17)29-26(6,7)24(28)30-25(3,4)5/h9-10,12,14,17,19H,11,13,15-16H2,1-8H3/b14-9+. The van der Waals surface area contributed by atoms with Crippen molar-refractivity contribution in [3.8, 4) is 0 Å². The lowest BCUT2D eigenvalue weighted by atomic mass is 9.81. The summed E-state index contributed by atoms with van der Waals surface area (Å²) in [5.41, 5.74) is 0.408. The van der Waals surface area contributed by atoms with Crippen LogP contribution in [-0.2, 0) is 19.1 Å². The lowest BCUT2D eigenvalue weighted by Gasteiger charge is -2.35. The van der Waals surface area contributed by atoms with Crippen molar-refractivity contribution in [3.63, 3.8) is 0 Å². The van der Waals surface area contributed by atoms with Gasteiger partial charge in [0.25, 0.3) is 0 Å². The van der Waals surface area contributed by atoms with Crippen LogP contribution in [-0.4, -0.2) is 29.2 Å². The van der Waals surface area contributed by atoms with Crippen LogP contribution in [0.15, 0.2) is 46.1 Å². The molecule has 0 aromatic carbocycles. The zero-order chi connectivity index (χ0) is 23.4. The molecule has 0 N–H and O–H groups in total. The van der Waals surface area contributed by atoms with Gasteiger partial charge in [-0.3, -0.25) is 4.79 Å². The van der Waals surface area contributed by atoms with E-state index in [4.69, 9.17) is 9.47 Å². The third kappa shape index (κ3) is 7.41. The molecule has 0 aromatic heterocycles. The first-order chi connectivity index (χ1) is 14.3. The summed E-state index contributed by atoms with van der Waals surface area (Å²) in [6.07, 6.45) is 13.3. The average Bonchev–Trinajstić information content (AvgIpc) is 2.67. The van der Waals surface area contributed by atoms with E-state index in [0.717, 1.165) is 42.6 Å². The Morgan fingerprint density at radius 3 is 2.32 bits per heavy atom. The van der Waals surface area contributed by atoms with Gasteiger partial charge in [-0.25, -0.2) is 4.79 Å². The van der Waals surface area contributed by atoms with Gasteiger partial charge in [0.05, 0.1) is 5.76 Å². The highest BCUT2D eigenvalue weighted by Crippen LogP contribution is 2.38. The Hall–Kier alpha value is -1.75. The first-order valence-corrected chi connectivity index (χ1v) is 12.3. The van der Waals surface area contributed by atoms with E-state index < -0.39 is 11.2 Å². The van der Waals surface area contributed by atoms with Crippen molar-refractivity contribution in [2.75, 3.05) is 6.26 Å². The van der Waals surface area contributed by atoms with Gasteiger partial charge in [-0.15, -0.1) is 11.8 Å². The summed E-state index contributed by atoms with van der Waals surface area (Å²) < 4.78 is 11.7. The topological polar surface area (TPSA) is 52.6 Å². The van der Waals surface area contributed by atoms with Crippen molar-refractivity contribution in [1.82, 2.24) is 0 Å². The smallest absolute Gasteiger partial charge is 0.350 e. The lowest BCUT2D eigenvalue weighted by molar-refractivity contribution is -0.176. The molecule has 2 aliphatic carbocycles. The van der Waals surface area contributed by atoms with Crippen molar-refractivity contribution in [1.29, 1.82) is 0 Å². The summed E-state index contributed by atoms with van der Waals surface area (Å²) in [4.78, 5) is 26.5. The Bertz CT molecular complexity index is 821. The van der Waals surface area contributed by atoms with Crippen LogP contribution < -0.4 is 0 Å². The zero-order valence-corrected chi connectivity index (χ0v) is 21.2. The van der Waals surface area contributed by atoms with Crippen LogP contribution in [0.3, 0.4) is 0 Å². The van der Waals surface area contributed by atoms with E-state index in [1.165, 1.54) is 4.91 Å². The van der Waals surface area contributed by atoms with E-state index in [1.54, 1.807) is 31.7 Å². The number of hydrogen-bond acceptors (Lipinski definition) is 5. The Morgan fingerprint density at radius 2 is 1.81 bits per heavy atom. The molecule has 0 amide bonds. The molecule has 2 atom stereocenters. The van der Waals surface area contributed by atoms with Gasteiger partial charge in [0.2, 0.25) is 0 Å². The minimum absolute atomic E-state index is 0.110. The second kappa shape index (κ2) is 10.2. The maximum atomic E-state index is 12.6. The second-order valence-corrected chi connectivity index (χ2v) is 11.0. The van der Waals surface area contributed by atoms with Crippen molar-refractivity contribution >= 4 is 23.5 Å². The van der Waals surface area contributed by atoms with Crippen LogP contribution in [0.25, 0.3) is 0 Å². The Morgan fingerprint density at radius 1 is 1.13 bits per heavy atom. The summed E-state index contributed by atoms with van der Waals surface area (Å²) in [6, 6.07) is 0. The number of esters is 1. The number of carbonyl (C=O) groups excluding carboxylic acids is 2. The van der Waals surface area contributed by atoms with E-state index in [9.17, 15) is 9.59 Å². The molecule has 172 valence electrons. The molecular weight excluding hydrogens is 408 g/mol. The molecule has 0 aliphatic heterocycles. The molecule has 0 aromatic rings. The van der Waals surface area contributed by atoms with Crippen LogP contribution in [0.2, 0.25) is 0 Å². The minimum atomic E-state index is -1.05. The fourth-order valence-corrected chi connectivity index (χ4v) is 4.45. The predicted octanol–water partition coefficient (Wildman–Crippen LogP) is 6.54. The highest BCUT2D eigenvalue weighted by molar-refractivity contribution is 8.02. The molecule has 0 saturated carbocycles. The zero-order valence-electron chi connectivity index (χ0n) is 20.3. The first-order valence-electron chi connectivity index (χ1n) is 11.1. The highest BCUT2D eigenvalue weighted by atomic mass is 32.2. The van der Waals surface area contributed by atoms with Gasteiger partial charge in [-0.05, 0) is 102 Å². The fraction of sp³-hybridized carbons (Fsp3) is 0.615. The van der Waals surface area contributed by atoms with Crippen LogP contribution in [0.4, 0.5) is 0 Å². The molecule has 2 rings (SSSR count). The highest BCUT2D eigenvalue weighted by Gasteiger charge is 2.37. The van der Waals surface area contributed by atoms with Crippen LogP contribution in [0, 0.1) is 11.8 Å². The Kier molecular flexibility index (Phi) is 8.43. The molecule has 4 nitrogen and oxygen atoms in total. The third-order valence-electron chi connectivity index (χ3n) is 5.56. The maximum absolute atomic E-state index is 12.6. The summed E-state index contributed by atoms with van der Waals surface area (Å²) in [7, 11) is 0. The predicted molar refractivity (Wildman–Crippen MR) is 129 cm³/mol. The molecular formula is C26H38O4S. The SMILES string of the molecule is CSC1=CC=C(C(=O)/C=C/C2CC(C)=C(OC(C)(C)C(=O)OC(C)(C)C)C(C)C2)CC1. The molecule has 0 heterocycles. The Labute approximate surface area is 192 Å². The van der Waals surface area contributed by atoms with E-state index in [1.807, 2.05) is 32.9 Å². The quantitative estimate of drug-likeness (QED) is 0.328. The van der Waals surface area contributed by atoms with E-state index in [2.05, 4.69) is 26.2 Å². The number of ketones is 1. The number of hydrogen-bond donors (Lipinski definition) is 0. The van der Waals surface area contributed by atoms with E-state index in [0.29, 0.717) is 0 Å². The third-order valence-corrected chi connectivity index (χ3v) is 6.42. The molecule has 31 heavy (non-hydrogen) atoms. The number of thioether (sulfide) groups is 1. The normalized spacial score (nSPS) is 22.8. The largest absolute Gasteiger partial charge is 0.480 e. The van der Waals surface area contributed by atoms with E-state index in [-0.39, 0.29) is 23.6 Å². The molecule has 0 saturated heterocycles. The average molecular weight is 447 g/mol. The Balaban J connectivity index is 2.04. The van der Waals surface area contributed by atoms with Gasteiger partial charge in [0.15, 0.2) is 11.4 Å². The first kappa shape index (κ1) is 25.5. The second-order valence-electron chi connectivity index (χ2n) is 10.1. The molecule has 0 bridgehead atoms. The van der Waals surface area contributed by atoms with Gasteiger partial charge in [-0.1, -0.05) is 25.2 Å². The van der Waals surface area contributed by atoms with E-state index >= 15 is 0 Å². The number of carbonyl (C=O) groups is 2. The summed E-state index contributed by atoms with van der Waals surface area (Å²) in [6.45, 7) is 13.2. The van der Waals surface area contributed by atoms with Crippen molar-refractivity contribution in [2.24, 2.45) is 11.8 Å². The number of ether oxygens (including phenoxy) is 2. The number of rotatable bonds is 7. The van der Waals surface area contributed by atoms with Crippen LogP contribution in [0.1, 0.15) is 74.1 Å². The van der Waals surface area contributed by atoms with Crippen molar-refractivity contribution in [3.05, 3.63) is 46.1 Å². The van der Waals surface area contributed by atoms with Crippen molar-refractivity contribution in [2.45, 2.75) is 85.4 Å². The van der Waals surface area contributed by atoms with Gasteiger partial charge in [0, 0.05) is 5.92 Å². The summed E-state index contributed by atoms with van der Waals surface area (Å²) in [5.74, 6) is 1.08. The van der Waals surface area contributed by atoms with Crippen LogP contribution in [0.5, 0.6) is 0 Å². The summed E-state index contributed by atoms with van der Waals surface area (Å²) >= 11 is 1.75. The molecule has 2 unspecified atom stereocenters. The molecule has 0 spiro atoms. The minimum Gasteiger partial charge on any atom is -0.480 e.